The van der Waals surface area contributed by atoms with Gasteiger partial charge in [-0.3, -0.25) is 9.69 Å². The summed E-state index contributed by atoms with van der Waals surface area (Å²) in [5.74, 6) is 0.742. The first kappa shape index (κ1) is 15.0. The molecule has 1 amide bonds. The molecule has 0 aromatic carbocycles. The maximum Gasteiger partial charge on any atom is 0.246 e. The van der Waals surface area contributed by atoms with Crippen LogP contribution in [0.1, 0.15) is 16.5 Å². The van der Waals surface area contributed by atoms with Gasteiger partial charge in [0.15, 0.2) is 0 Å². The smallest absolute Gasteiger partial charge is 0.246 e. The maximum atomic E-state index is 12.1. The van der Waals surface area contributed by atoms with E-state index in [2.05, 4.69) is 15.3 Å². The number of carbonyl (C=O) groups excluding carboxylic acids is 1. The Kier molecular flexibility index (Phi) is 4.70. The van der Waals surface area contributed by atoms with Crippen molar-refractivity contribution in [1.29, 1.82) is 0 Å². The molecule has 1 aliphatic heterocycles. The van der Waals surface area contributed by atoms with E-state index >= 15 is 0 Å². The molecule has 0 unspecified atom stereocenters. The Morgan fingerprint density at radius 1 is 1.41 bits per heavy atom. The van der Waals surface area contributed by atoms with Crippen molar-refractivity contribution in [2.75, 3.05) is 26.2 Å². The van der Waals surface area contributed by atoms with Gasteiger partial charge in [-0.2, -0.15) is 0 Å². The summed E-state index contributed by atoms with van der Waals surface area (Å²) in [5.41, 5.74) is 1.12. The SMILES string of the molecule is Cc1nc(CN2CCN(C(=O)/C=C/c3ccco3)CC2)cs1. The Balaban J connectivity index is 1.47. The van der Waals surface area contributed by atoms with Crippen LogP contribution < -0.4 is 0 Å². The van der Waals surface area contributed by atoms with Gasteiger partial charge in [-0.1, -0.05) is 0 Å². The van der Waals surface area contributed by atoms with Crippen molar-refractivity contribution in [3.8, 4) is 0 Å². The van der Waals surface area contributed by atoms with E-state index in [0.29, 0.717) is 5.76 Å². The molecular formula is C16H19N3O2S. The molecule has 3 heterocycles. The predicted molar refractivity (Wildman–Crippen MR) is 86.5 cm³/mol. The minimum absolute atomic E-state index is 0.0422. The number of piperazine rings is 1. The first-order chi connectivity index (χ1) is 10.7. The summed E-state index contributed by atoms with van der Waals surface area (Å²) in [6, 6.07) is 3.64. The van der Waals surface area contributed by atoms with Crippen LogP contribution in [0.2, 0.25) is 0 Å². The molecule has 1 saturated heterocycles. The summed E-state index contributed by atoms with van der Waals surface area (Å²) in [6.45, 7) is 6.17. The molecule has 22 heavy (non-hydrogen) atoms. The number of nitrogens with zero attached hydrogens (tertiary/aromatic N) is 3. The summed E-state index contributed by atoms with van der Waals surface area (Å²) in [4.78, 5) is 20.8. The molecule has 1 aliphatic rings. The third-order valence-corrected chi connectivity index (χ3v) is 4.49. The zero-order valence-electron chi connectivity index (χ0n) is 12.6. The summed E-state index contributed by atoms with van der Waals surface area (Å²) in [6.07, 6.45) is 4.90. The largest absolute Gasteiger partial charge is 0.465 e. The highest BCUT2D eigenvalue weighted by Crippen LogP contribution is 2.12. The molecule has 0 atom stereocenters. The van der Waals surface area contributed by atoms with Gasteiger partial charge in [0, 0.05) is 44.2 Å². The number of hydrogen-bond acceptors (Lipinski definition) is 5. The van der Waals surface area contributed by atoms with E-state index < -0.39 is 0 Å². The van der Waals surface area contributed by atoms with Gasteiger partial charge in [-0.25, -0.2) is 4.98 Å². The summed E-state index contributed by atoms with van der Waals surface area (Å²) in [7, 11) is 0. The number of aromatic nitrogens is 1. The Bertz CT molecular complexity index is 640. The standard InChI is InChI=1S/C16H19N3O2S/c1-13-17-14(12-22-13)11-18-6-8-19(9-7-18)16(20)5-4-15-3-2-10-21-15/h2-5,10,12H,6-9,11H2,1H3/b5-4+. The van der Waals surface area contributed by atoms with Gasteiger partial charge >= 0.3 is 0 Å². The van der Waals surface area contributed by atoms with E-state index in [9.17, 15) is 4.79 Å². The first-order valence-electron chi connectivity index (χ1n) is 7.34. The quantitative estimate of drug-likeness (QED) is 0.813. The molecule has 1 fully saturated rings. The zero-order chi connectivity index (χ0) is 15.4. The van der Waals surface area contributed by atoms with Crippen LogP contribution in [-0.4, -0.2) is 46.9 Å². The van der Waals surface area contributed by atoms with Crippen LogP contribution in [0.15, 0.2) is 34.3 Å². The van der Waals surface area contributed by atoms with E-state index in [1.807, 2.05) is 24.0 Å². The van der Waals surface area contributed by atoms with Crippen molar-refractivity contribution in [2.24, 2.45) is 0 Å². The molecule has 0 aliphatic carbocycles. The number of aryl methyl sites for hydroxylation is 1. The van der Waals surface area contributed by atoms with Crippen LogP contribution in [-0.2, 0) is 11.3 Å². The van der Waals surface area contributed by atoms with Crippen molar-refractivity contribution >= 4 is 23.3 Å². The second-order valence-electron chi connectivity index (χ2n) is 5.31. The van der Waals surface area contributed by atoms with E-state index in [1.165, 1.54) is 0 Å². The van der Waals surface area contributed by atoms with E-state index in [-0.39, 0.29) is 5.91 Å². The van der Waals surface area contributed by atoms with Gasteiger partial charge in [-0.15, -0.1) is 11.3 Å². The monoisotopic (exact) mass is 317 g/mol. The lowest BCUT2D eigenvalue weighted by atomic mass is 10.2. The maximum absolute atomic E-state index is 12.1. The average Bonchev–Trinajstić information content (AvgIpc) is 3.17. The van der Waals surface area contributed by atoms with Crippen LogP contribution >= 0.6 is 11.3 Å². The van der Waals surface area contributed by atoms with E-state index in [4.69, 9.17) is 4.42 Å². The van der Waals surface area contributed by atoms with Gasteiger partial charge in [0.25, 0.3) is 0 Å². The Morgan fingerprint density at radius 3 is 2.86 bits per heavy atom. The number of thiazole rings is 1. The summed E-state index contributed by atoms with van der Waals surface area (Å²) >= 11 is 1.68. The molecule has 0 saturated carbocycles. The Morgan fingerprint density at radius 2 is 2.23 bits per heavy atom. The highest BCUT2D eigenvalue weighted by Gasteiger charge is 2.20. The van der Waals surface area contributed by atoms with Gasteiger partial charge < -0.3 is 9.32 Å². The lowest BCUT2D eigenvalue weighted by Crippen LogP contribution is -2.47. The molecule has 116 valence electrons. The molecule has 5 nitrogen and oxygen atoms in total. The minimum atomic E-state index is 0.0422. The first-order valence-corrected chi connectivity index (χ1v) is 8.22. The lowest BCUT2D eigenvalue weighted by Gasteiger charge is -2.33. The van der Waals surface area contributed by atoms with Crippen molar-refractivity contribution < 1.29 is 9.21 Å². The van der Waals surface area contributed by atoms with Crippen LogP contribution in [0.4, 0.5) is 0 Å². The second kappa shape index (κ2) is 6.89. The Hall–Kier alpha value is -1.92. The highest BCUT2D eigenvalue weighted by molar-refractivity contribution is 7.09. The van der Waals surface area contributed by atoms with Gasteiger partial charge in [0.2, 0.25) is 5.91 Å². The fraction of sp³-hybridized carbons (Fsp3) is 0.375. The predicted octanol–water partition coefficient (Wildman–Crippen LogP) is 2.40. The van der Waals surface area contributed by atoms with Crippen molar-refractivity contribution in [2.45, 2.75) is 13.5 Å². The van der Waals surface area contributed by atoms with Crippen LogP contribution in [0.5, 0.6) is 0 Å². The molecule has 0 spiro atoms. The number of furan rings is 1. The molecule has 6 heteroatoms. The van der Waals surface area contributed by atoms with Crippen LogP contribution in [0, 0.1) is 6.92 Å². The number of amides is 1. The van der Waals surface area contributed by atoms with Gasteiger partial charge in [0.1, 0.15) is 5.76 Å². The topological polar surface area (TPSA) is 49.6 Å². The van der Waals surface area contributed by atoms with Crippen molar-refractivity contribution in [3.05, 3.63) is 46.3 Å². The van der Waals surface area contributed by atoms with Gasteiger partial charge in [0.05, 0.1) is 17.0 Å². The van der Waals surface area contributed by atoms with Gasteiger partial charge in [-0.05, 0) is 25.1 Å². The summed E-state index contributed by atoms with van der Waals surface area (Å²) in [5, 5.41) is 3.21. The van der Waals surface area contributed by atoms with Crippen LogP contribution in [0.3, 0.4) is 0 Å². The molecule has 2 aromatic rings. The third kappa shape index (κ3) is 3.84. The average molecular weight is 317 g/mol. The number of rotatable bonds is 4. The van der Waals surface area contributed by atoms with Crippen molar-refractivity contribution in [1.82, 2.24) is 14.8 Å². The molecule has 0 N–H and O–H groups in total. The normalized spacial score (nSPS) is 16.5. The highest BCUT2D eigenvalue weighted by atomic mass is 32.1. The number of hydrogen-bond donors (Lipinski definition) is 0. The fourth-order valence-electron chi connectivity index (χ4n) is 2.48. The van der Waals surface area contributed by atoms with E-state index in [0.717, 1.165) is 43.4 Å². The van der Waals surface area contributed by atoms with E-state index in [1.54, 1.807) is 29.8 Å². The molecule has 2 aromatic heterocycles. The minimum Gasteiger partial charge on any atom is -0.465 e. The molecule has 0 bridgehead atoms. The molecule has 0 radical (unpaired) electrons. The summed E-state index contributed by atoms with van der Waals surface area (Å²) < 4.78 is 5.18. The molecular weight excluding hydrogens is 298 g/mol. The molecule has 3 rings (SSSR count). The third-order valence-electron chi connectivity index (χ3n) is 3.67. The fourth-order valence-corrected chi connectivity index (χ4v) is 3.09. The zero-order valence-corrected chi connectivity index (χ0v) is 13.4. The second-order valence-corrected chi connectivity index (χ2v) is 6.37. The number of carbonyl (C=O) groups is 1. The lowest BCUT2D eigenvalue weighted by molar-refractivity contribution is -0.127. The van der Waals surface area contributed by atoms with Crippen molar-refractivity contribution in [3.63, 3.8) is 0 Å². The van der Waals surface area contributed by atoms with Crippen LogP contribution in [0.25, 0.3) is 6.08 Å². The Labute approximate surface area is 133 Å².